The number of nitrogens with zero attached hydrogens (tertiary/aromatic N) is 1. The number of ether oxygens (including phenoxy) is 1. The lowest BCUT2D eigenvalue weighted by molar-refractivity contribution is 0.114. The maximum absolute atomic E-state index is 12.0. The molecule has 0 saturated carbocycles. The van der Waals surface area contributed by atoms with Crippen molar-refractivity contribution in [2.75, 3.05) is 33.3 Å². The molecule has 1 saturated heterocycles. The van der Waals surface area contributed by atoms with Crippen LogP contribution >= 0.6 is 0 Å². The Hall–Kier alpha value is -0.210. The highest BCUT2D eigenvalue weighted by atomic mass is 32.2. The van der Waals surface area contributed by atoms with E-state index in [1.165, 1.54) is 4.31 Å². The first kappa shape index (κ1) is 16.8. The van der Waals surface area contributed by atoms with Crippen LogP contribution in [0.5, 0.6) is 0 Å². The SMILES string of the molecule is CC(C)NCCCN(C)S(=O)(=O)NCC1CCCO1. The van der Waals surface area contributed by atoms with E-state index in [9.17, 15) is 8.42 Å². The average Bonchev–Trinajstić information content (AvgIpc) is 2.84. The van der Waals surface area contributed by atoms with Gasteiger partial charge in [-0.3, -0.25) is 0 Å². The van der Waals surface area contributed by atoms with Gasteiger partial charge in [0, 0.05) is 32.8 Å². The summed E-state index contributed by atoms with van der Waals surface area (Å²) in [5.74, 6) is 0. The molecule has 2 N–H and O–H groups in total. The third kappa shape index (κ3) is 6.67. The Morgan fingerprint density at radius 2 is 2.16 bits per heavy atom. The normalized spacial score (nSPS) is 20.6. The predicted molar refractivity (Wildman–Crippen MR) is 76.3 cm³/mol. The molecule has 7 heteroatoms. The van der Waals surface area contributed by atoms with Crippen LogP contribution in [-0.2, 0) is 14.9 Å². The molecule has 0 amide bonds. The molecule has 1 fully saturated rings. The Morgan fingerprint density at radius 1 is 1.42 bits per heavy atom. The highest BCUT2D eigenvalue weighted by Crippen LogP contribution is 2.11. The van der Waals surface area contributed by atoms with E-state index >= 15 is 0 Å². The molecular formula is C12H27N3O3S. The first-order chi connectivity index (χ1) is 8.92. The summed E-state index contributed by atoms with van der Waals surface area (Å²) in [6.07, 6.45) is 2.79. The van der Waals surface area contributed by atoms with Crippen molar-refractivity contribution < 1.29 is 13.2 Å². The zero-order valence-corrected chi connectivity index (χ0v) is 13.0. The lowest BCUT2D eigenvalue weighted by atomic mass is 10.2. The van der Waals surface area contributed by atoms with Gasteiger partial charge < -0.3 is 10.1 Å². The molecule has 1 rings (SSSR count). The van der Waals surface area contributed by atoms with Crippen molar-refractivity contribution in [3.8, 4) is 0 Å². The Balaban J connectivity index is 2.22. The summed E-state index contributed by atoms with van der Waals surface area (Å²) in [7, 11) is -1.77. The maximum atomic E-state index is 12.0. The molecule has 0 aliphatic carbocycles. The van der Waals surface area contributed by atoms with Gasteiger partial charge in [0.2, 0.25) is 0 Å². The topological polar surface area (TPSA) is 70.7 Å². The minimum Gasteiger partial charge on any atom is -0.377 e. The molecule has 0 spiro atoms. The van der Waals surface area contributed by atoms with Crippen LogP contribution < -0.4 is 10.0 Å². The van der Waals surface area contributed by atoms with E-state index < -0.39 is 10.2 Å². The third-order valence-electron chi connectivity index (χ3n) is 3.13. The van der Waals surface area contributed by atoms with Crippen molar-refractivity contribution >= 4 is 10.2 Å². The highest BCUT2D eigenvalue weighted by Gasteiger charge is 2.21. The first-order valence-electron chi connectivity index (χ1n) is 6.97. The lowest BCUT2D eigenvalue weighted by Crippen LogP contribution is -2.42. The Morgan fingerprint density at radius 3 is 2.74 bits per heavy atom. The van der Waals surface area contributed by atoms with Gasteiger partial charge in [0.15, 0.2) is 0 Å². The highest BCUT2D eigenvalue weighted by molar-refractivity contribution is 7.87. The van der Waals surface area contributed by atoms with E-state index in [0.29, 0.717) is 19.1 Å². The molecule has 1 aliphatic heterocycles. The van der Waals surface area contributed by atoms with Crippen LogP contribution in [0.25, 0.3) is 0 Å². The fourth-order valence-electron chi connectivity index (χ4n) is 1.93. The first-order valence-corrected chi connectivity index (χ1v) is 8.41. The van der Waals surface area contributed by atoms with Crippen LogP contribution in [0.3, 0.4) is 0 Å². The minimum atomic E-state index is -3.37. The fourth-order valence-corrected chi connectivity index (χ4v) is 2.91. The van der Waals surface area contributed by atoms with Crippen LogP contribution in [-0.4, -0.2) is 58.2 Å². The molecule has 114 valence electrons. The molecule has 0 radical (unpaired) electrons. The second-order valence-corrected chi connectivity index (χ2v) is 7.13. The maximum Gasteiger partial charge on any atom is 0.279 e. The monoisotopic (exact) mass is 293 g/mol. The van der Waals surface area contributed by atoms with Crippen molar-refractivity contribution in [2.24, 2.45) is 0 Å². The quantitative estimate of drug-likeness (QED) is 0.601. The molecule has 1 aliphatic rings. The number of hydrogen-bond donors (Lipinski definition) is 2. The minimum absolute atomic E-state index is 0.0331. The van der Waals surface area contributed by atoms with E-state index in [1.54, 1.807) is 7.05 Å². The molecule has 0 aromatic rings. The van der Waals surface area contributed by atoms with E-state index in [4.69, 9.17) is 4.74 Å². The summed E-state index contributed by atoms with van der Waals surface area (Å²) < 4.78 is 33.3. The predicted octanol–water partition coefficient (Wildman–Crippen LogP) is 0.320. The molecule has 0 bridgehead atoms. The molecule has 1 heterocycles. The van der Waals surface area contributed by atoms with Crippen molar-refractivity contribution in [1.29, 1.82) is 0 Å². The third-order valence-corrected chi connectivity index (χ3v) is 4.66. The molecule has 0 aromatic carbocycles. The average molecular weight is 293 g/mol. The smallest absolute Gasteiger partial charge is 0.279 e. The zero-order chi connectivity index (χ0) is 14.3. The molecular weight excluding hydrogens is 266 g/mol. The molecule has 0 aromatic heterocycles. The van der Waals surface area contributed by atoms with E-state index in [-0.39, 0.29) is 6.10 Å². The van der Waals surface area contributed by atoms with Crippen molar-refractivity contribution in [2.45, 2.75) is 45.3 Å². The van der Waals surface area contributed by atoms with Gasteiger partial charge in [-0.25, -0.2) is 0 Å². The second kappa shape index (κ2) is 8.16. The van der Waals surface area contributed by atoms with Crippen LogP contribution in [0.15, 0.2) is 0 Å². The van der Waals surface area contributed by atoms with Gasteiger partial charge in [0.1, 0.15) is 0 Å². The lowest BCUT2D eigenvalue weighted by Gasteiger charge is -2.19. The van der Waals surface area contributed by atoms with Gasteiger partial charge in [-0.2, -0.15) is 17.4 Å². The van der Waals surface area contributed by atoms with Crippen LogP contribution in [0.4, 0.5) is 0 Å². The largest absolute Gasteiger partial charge is 0.377 e. The van der Waals surface area contributed by atoms with E-state index in [0.717, 1.165) is 32.4 Å². The standard InChI is InChI=1S/C12H27N3O3S/c1-11(2)13-7-5-8-15(3)19(16,17)14-10-12-6-4-9-18-12/h11-14H,4-10H2,1-3H3. The van der Waals surface area contributed by atoms with Gasteiger partial charge >= 0.3 is 0 Å². The molecule has 1 unspecified atom stereocenters. The van der Waals surface area contributed by atoms with Gasteiger partial charge in [-0.1, -0.05) is 13.8 Å². The summed E-state index contributed by atoms with van der Waals surface area (Å²) >= 11 is 0. The summed E-state index contributed by atoms with van der Waals surface area (Å²) in [6.45, 7) is 6.59. The Kier molecular flexibility index (Phi) is 7.23. The summed E-state index contributed by atoms with van der Waals surface area (Å²) in [5.41, 5.74) is 0. The number of rotatable bonds is 9. The van der Waals surface area contributed by atoms with Crippen molar-refractivity contribution in [3.05, 3.63) is 0 Å². The van der Waals surface area contributed by atoms with E-state index in [2.05, 4.69) is 23.9 Å². The van der Waals surface area contributed by atoms with Crippen LogP contribution in [0, 0.1) is 0 Å². The summed E-state index contributed by atoms with van der Waals surface area (Å²) in [5, 5.41) is 3.27. The van der Waals surface area contributed by atoms with Gasteiger partial charge in [-0.05, 0) is 25.8 Å². The number of nitrogens with one attached hydrogen (secondary N) is 2. The van der Waals surface area contributed by atoms with Gasteiger partial charge in [-0.15, -0.1) is 0 Å². The Bertz CT molecular complexity index is 340. The zero-order valence-electron chi connectivity index (χ0n) is 12.2. The van der Waals surface area contributed by atoms with Gasteiger partial charge in [0.05, 0.1) is 6.10 Å². The van der Waals surface area contributed by atoms with Crippen molar-refractivity contribution in [1.82, 2.24) is 14.3 Å². The van der Waals surface area contributed by atoms with Crippen LogP contribution in [0.2, 0.25) is 0 Å². The van der Waals surface area contributed by atoms with E-state index in [1.807, 2.05) is 0 Å². The summed E-state index contributed by atoms with van der Waals surface area (Å²) in [4.78, 5) is 0. The fraction of sp³-hybridized carbons (Fsp3) is 1.00. The number of hydrogen-bond acceptors (Lipinski definition) is 4. The molecule has 19 heavy (non-hydrogen) atoms. The molecule has 6 nitrogen and oxygen atoms in total. The second-order valence-electron chi connectivity index (χ2n) is 5.27. The van der Waals surface area contributed by atoms with Gasteiger partial charge in [0.25, 0.3) is 10.2 Å². The van der Waals surface area contributed by atoms with Crippen molar-refractivity contribution in [3.63, 3.8) is 0 Å². The van der Waals surface area contributed by atoms with Crippen LogP contribution in [0.1, 0.15) is 33.1 Å². The Labute approximate surface area is 117 Å². The summed E-state index contributed by atoms with van der Waals surface area (Å²) in [6, 6.07) is 0.430. The molecule has 1 atom stereocenters.